The summed E-state index contributed by atoms with van der Waals surface area (Å²) in [6.07, 6.45) is 3.46. The third-order valence-electron chi connectivity index (χ3n) is 5.25. The molecule has 0 atom stereocenters. The molecule has 8 nitrogen and oxygen atoms in total. The highest BCUT2D eigenvalue weighted by molar-refractivity contribution is 8.00. The number of anilines is 1. The number of amides is 1. The highest BCUT2D eigenvalue weighted by Gasteiger charge is 2.23. The van der Waals surface area contributed by atoms with Crippen molar-refractivity contribution < 1.29 is 9.53 Å². The summed E-state index contributed by atoms with van der Waals surface area (Å²) < 4.78 is 6.94. The van der Waals surface area contributed by atoms with E-state index in [1.54, 1.807) is 11.8 Å². The molecule has 0 fully saturated rings. The summed E-state index contributed by atoms with van der Waals surface area (Å²) in [5, 5.41) is 9.16. The Morgan fingerprint density at radius 1 is 1.16 bits per heavy atom. The van der Waals surface area contributed by atoms with Crippen molar-refractivity contribution in [1.82, 2.24) is 25.0 Å². The minimum absolute atomic E-state index is 0.0594. The average Bonchev–Trinajstić information content (AvgIpc) is 3.27. The van der Waals surface area contributed by atoms with Gasteiger partial charge in [-0.3, -0.25) is 4.79 Å². The number of benzene rings is 2. The number of carbonyl (C=O) groups is 1. The van der Waals surface area contributed by atoms with Crippen LogP contribution in [0.1, 0.15) is 12.0 Å². The molecule has 0 spiro atoms. The van der Waals surface area contributed by atoms with E-state index in [1.165, 1.54) is 23.7 Å². The fourth-order valence-corrected chi connectivity index (χ4v) is 4.56. The standard InChI is InChI=1S/C22H20N6O2S/c1-30-17-9-4-8-16(12-17)28-21-20(25-26-28)22(24-14-23-21)31-13-19(29)27-11-5-7-15-6-2-3-10-18(15)27/h2-4,6,8-10,12,14H,5,7,11,13H2,1H3. The number of ether oxygens (including phenoxy) is 1. The molecule has 2 aromatic heterocycles. The number of fused-ring (bicyclic) bond motifs is 2. The molecule has 3 heterocycles. The molecule has 2 aromatic carbocycles. The third kappa shape index (κ3) is 3.72. The van der Waals surface area contributed by atoms with Crippen molar-refractivity contribution in [3.8, 4) is 11.4 Å². The number of thioether (sulfide) groups is 1. The predicted molar refractivity (Wildman–Crippen MR) is 119 cm³/mol. The monoisotopic (exact) mass is 432 g/mol. The van der Waals surface area contributed by atoms with E-state index in [0.717, 1.165) is 36.5 Å². The molecule has 0 bridgehead atoms. The zero-order valence-corrected chi connectivity index (χ0v) is 17.7. The first-order valence-electron chi connectivity index (χ1n) is 9.96. The van der Waals surface area contributed by atoms with Crippen LogP contribution in [0.25, 0.3) is 16.9 Å². The normalized spacial score (nSPS) is 13.3. The van der Waals surface area contributed by atoms with E-state index < -0.39 is 0 Å². The molecule has 5 rings (SSSR count). The van der Waals surface area contributed by atoms with Crippen molar-refractivity contribution in [2.75, 3.05) is 24.3 Å². The number of para-hydroxylation sites is 1. The Kier molecular flexibility index (Phi) is 5.25. The second-order valence-corrected chi connectivity index (χ2v) is 8.08. The lowest BCUT2D eigenvalue weighted by atomic mass is 10.0. The van der Waals surface area contributed by atoms with Crippen molar-refractivity contribution in [2.24, 2.45) is 0 Å². The van der Waals surface area contributed by atoms with Gasteiger partial charge in [-0.1, -0.05) is 41.2 Å². The van der Waals surface area contributed by atoms with Crippen LogP contribution >= 0.6 is 11.8 Å². The molecule has 0 radical (unpaired) electrons. The lowest BCUT2D eigenvalue weighted by Gasteiger charge is -2.29. The van der Waals surface area contributed by atoms with Gasteiger partial charge in [0, 0.05) is 18.3 Å². The number of nitrogens with zero attached hydrogens (tertiary/aromatic N) is 6. The molecular weight excluding hydrogens is 412 g/mol. The van der Waals surface area contributed by atoms with Gasteiger partial charge in [0.15, 0.2) is 11.2 Å². The third-order valence-corrected chi connectivity index (χ3v) is 6.21. The van der Waals surface area contributed by atoms with Crippen LogP contribution in [0.2, 0.25) is 0 Å². The quantitative estimate of drug-likeness (QED) is 0.353. The zero-order chi connectivity index (χ0) is 21.2. The number of hydrogen-bond donors (Lipinski definition) is 0. The van der Waals surface area contributed by atoms with E-state index in [1.807, 2.05) is 47.4 Å². The van der Waals surface area contributed by atoms with Gasteiger partial charge < -0.3 is 9.64 Å². The molecule has 0 N–H and O–H groups in total. The summed E-state index contributed by atoms with van der Waals surface area (Å²) in [5.41, 5.74) is 4.18. The maximum Gasteiger partial charge on any atom is 0.237 e. The van der Waals surface area contributed by atoms with Crippen LogP contribution in [0, 0.1) is 0 Å². The van der Waals surface area contributed by atoms with Gasteiger partial charge in [-0.15, -0.1) is 5.10 Å². The van der Waals surface area contributed by atoms with Crippen LogP contribution in [-0.4, -0.2) is 50.3 Å². The van der Waals surface area contributed by atoms with E-state index in [-0.39, 0.29) is 11.7 Å². The molecular formula is C22H20N6O2S. The van der Waals surface area contributed by atoms with E-state index in [0.29, 0.717) is 16.2 Å². The Hall–Kier alpha value is -3.46. The van der Waals surface area contributed by atoms with Crippen molar-refractivity contribution in [1.29, 1.82) is 0 Å². The Balaban J connectivity index is 1.38. The van der Waals surface area contributed by atoms with Crippen LogP contribution in [0.5, 0.6) is 5.75 Å². The van der Waals surface area contributed by atoms with Gasteiger partial charge in [0.05, 0.1) is 18.6 Å². The van der Waals surface area contributed by atoms with Gasteiger partial charge in [-0.05, 0) is 36.6 Å². The van der Waals surface area contributed by atoms with E-state index >= 15 is 0 Å². The first-order valence-corrected chi connectivity index (χ1v) is 10.9. The van der Waals surface area contributed by atoms with E-state index in [2.05, 4.69) is 26.3 Å². The van der Waals surface area contributed by atoms with Gasteiger partial charge in [0.25, 0.3) is 0 Å². The Labute approximate surface area is 183 Å². The summed E-state index contributed by atoms with van der Waals surface area (Å²) in [5.74, 6) is 1.05. The number of rotatable bonds is 5. The van der Waals surface area contributed by atoms with Crippen molar-refractivity contribution in [3.05, 3.63) is 60.4 Å². The average molecular weight is 433 g/mol. The second kappa shape index (κ2) is 8.35. The van der Waals surface area contributed by atoms with Gasteiger partial charge >= 0.3 is 0 Å². The van der Waals surface area contributed by atoms with Gasteiger partial charge in [-0.2, -0.15) is 4.68 Å². The number of carbonyl (C=O) groups excluding carboxylic acids is 1. The maximum atomic E-state index is 13.0. The minimum Gasteiger partial charge on any atom is -0.497 e. The number of hydrogen-bond acceptors (Lipinski definition) is 7. The second-order valence-electron chi connectivity index (χ2n) is 7.12. The predicted octanol–water partition coefficient (Wildman–Crippen LogP) is 3.29. The van der Waals surface area contributed by atoms with Gasteiger partial charge in [-0.25, -0.2) is 9.97 Å². The maximum absolute atomic E-state index is 13.0. The molecule has 4 aromatic rings. The van der Waals surface area contributed by atoms with E-state index in [9.17, 15) is 4.79 Å². The molecule has 1 amide bonds. The summed E-state index contributed by atoms with van der Waals surface area (Å²) in [7, 11) is 1.62. The molecule has 0 saturated carbocycles. The zero-order valence-electron chi connectivity index (χ0n) is 16.9. The minimum atomic E-state index is 0.0594. The topological polar surface area (TPSA) is 86.0 Å². The molecule has 156 valence electrons. The largest absolute Gasteiger partial charge is 0.497 e. The van der Waals surface area contributed by atoms with Crippen LogP contribution < -0.4 is 9.64 Å². The first-order chi connectivity index (χ1) is 15.2. The lowest BCUT2D eigenvalue weighted by Crippen LogP contribution is -2.36. The highest BCUT2D eigenvalue weighted by Crippen LogP contribution is 2.29. The summed E-state index contributed by atoms with van der Waals surface area (Å²) >= 11 is 1.36. The van der Waals surface area contributed by atoms with Crippen LogP contribution in [0.15, 0.2) is 59.9 Å². The Morgan fingerprint density at radius 2 is 2.06 bits per heavy atom. The SMILES string of the molecule is COc1cccc(-n2nnc3c(SCC(=O)N4CCCc5ccccc54)ncnc32)c1. The molecule has 1 aliphatic heterocycles. The summed E-state index contributed by atoms with van der Waals surface area (Å²) in [6, 6.07) is 15.6. The first kappa shape index (κ1) is 19.5. The molecule has 1 aliphatic rings. The molecule has 0 unspecified atom stereocenters. The van der Waals surface area contributed by atoms with Crippen LogP contribution in [-0.2, 0) is 11.2 Å². The van der Waals surface area contributed by atoms with Gasteiger partial charge in [0.1, 0.15) is 17.1 Å². The summed E-state index contributed by atoms with van der Waals surface area (Å²) in [6.45, 7) is 0.738. The van der Waals surface area contributed by atoms with Crippen LogP contribution in [0.3, 0.4) is 0 Å². The fourth-order valence-electron chi connectivity index (χ4n) is 3.75. The Bertz CT molecular complexity index is 1260. The van der Waals surface area contributed by atoms with E-state index in [4.69, 9.17) is 4.74 Å². The molecule has 0 aliphatic carbocycles. The molecule has 9 heteroatoms. The molecule has 0 saturated heterocycles. The van der Waals surface area contributed by atoms with Crippen molar-refractivity contribution in [3.63, 3.8) is 0 Å². The number of aryl methyl sites for hydroxylation is 1. The summed E-state index contributed by atoms with van der Waals surface area (Å²) in [4.78, 5) is 23.6. The molecule has 31 heavy (non-hydrogen) atoms. The highest BCUT2D eigenvalue weighted by atomic mass is 32.2. The van der Waals surface area contributed by atoms with Crippen LogP contribution in [0.4, 0.5) is 5.69 Å². The van der Waals surface area contributed by atoms with Crippen molar-refractivity contribution >= 4 is 34.5 Å². The lowest BCUT2D eigenvalue weighted by molar-refractivity contribution is -0.116. The number of aromatic nitrogens is 5. The van der Waals surface area contributed by atoms with Crippen molar-refractivity contribution in [2.45, 2.75) is 17.9 Å². The Morgan fingerprint density at radius 3 is 2.97 bits per heavy atom. The fraction of sp³-hybridized carbons (Fsp3) is 0.227. The number of methoxy groups -OCH3 is 1. The smallest absolute Gasteiger partial charge is 0.237 e. The van der Waals surface area contributed by atoms with Gasteiger partial charge in [0.2, 0.25) is 5.91 Å².